The first-order valence-electron chi connectivity index (χ1n) is 6.36. The Balaban J connectivity index is 2.06. The Morgan fingerprint density at radius 1 is 1.45 bits per heavy atom. The van der Waals surface area contributed by atoms with Crippen LogP contribution in [-0.4, -0.2) is 34.0 Å². The normalized spacial score (nSPS) is 18.9. The molecule has 2 rings (SSSR count). The van der Waals surface area contributed by atoms with E-state index >= 15 is 0 Å². The maximum Gasteiger partial charge on any atom is 0.240 e. The number of carbonyl (C=O) groups is 1. The molecule has 110 valence electrons. The topological polar surface area (TPSA) is 84.5 Å². The number of hydrogen-bond acceptors (Lipinski definition) is 4. The summed E-state index contributed by atoms with van der Waals surface area (Å²) in [7, 11) is -2.03. The molecule has 0 radical (unpaired) electrons. The van der Waals surface area contributed by atoms with Crippen molar-refractivity contribution in [2.24, 2.45) is 0 Å². The van der Waals surface area contributed by atoms with Gasteiger partial charge >= 0.3 is 0 Å². The molecule has 2 N–H and O–H groups in total. The summed E-state index contributed by atoms with van der Waals surface area (Å²) in [6.45, 7) is 1.99. The number of hydrogen-bond donors (Lipinski definition) is 2. The predicted octanol–water partition coefficient (Wildman–Crippen LogP) is 0.561. The molecule has 1 aliphatic heterocycles. The van der Waals surface area contributed by atoms with Gasteiger partial charge in [0.1, 0.15) is 5.75 Å². The first-order chi connectivity index (χ1) is 9.42. The molecule has 7 heteroatoms. The first kappa shape index (κ1) is 14.8. The van der Waals surface area contributed by atoms with Crippen molar-refractivity contribution in [2.45, 2.75) is 30.7 Å². The van der Waals surface area contributed by atoms with E-state index in [4.69, 9.17) is 4.74 Å². The van der Waals surface area contributed by atoms with Crippen molar-refractivity contribution in [1.29, 1.82) is 0 Å². The van der Waals surface area contributed by atoms with E-state index in [0.717, 1.165) is 5.56 Å². The van der Waals surface area contributed by atoms with Crippen molar-refractivity contribution in [1.82, 2.24) is 10.0 Å². The second-order valence-corrected chi connectivity index (χ2v) is 6.55. The Morgan fingerprint density at radius 3 is 2.75 bits per heavy atom. The van der Waals surface area contributed by atoms with E-state index in [1.165, 1.54) is 13.2 Å². The standard InChI is InChI=1S/C13H18N2O4S/c1-9-7-11(4-5-12(9)19-2)20(17,18)14-8-10-3-6-13(16)15-10/h4-5,7,10,14H,3,6,8H2,1-2H3,(H,15,16). The summed E-state index contributed by atoms with van der Waals surface area (Å²) in [6, 6.07) is 4.56. The number of sulfonamides is 1. The fourth-order valence-corrected chi connectivity index (χ4v) is 3.31. The SMILES string of the molecule is COc1ccc(S(=O)(=O)NCC2CCC(=O)N2)cc1C. The highest BCUT2D eigenvalue weighted by Crippen LogP contribution is 2.21. The highest BCUT2D eigenvalue weighted by molar-refractivity contribution is 7.89. The monoisotopic (exact) mass is 298 g/mol. The molecule has 0 aromatic heterocycles. The lowest BCUT2D eigenvalue weighted by atomic mass is 10.2. The zero-order valence-corrected chi connectivity index (χ0v) is 12.3. The van der Waals surface area contributed by atoms with Crippen molar-refractivity contribution in [2.75, 3.05) is 13.7 Å². The number of rotatable bonds is 5. The van der Waals surface area contributed by atoms with Crippen LogP contribution in [0.1, 0.15) is 18.4 Å². The first-order valence-corrected chi connectivity index (χ1v) is 7.84. The van der Waals surface area contributed by atoms with Gasteiger partial charge in [0.2, 0.25) is 15.9 Å². The molecule has 1 amide bonds. The quantitative estimate of drug-likeness (QED) is 0.832. The molecule has 6 nitrogen and oxygen atoms in total. The molecule has 1 aliphatic rings. The van der Waals surface area contributed by atoms with Gasteiger partial charge in [-0.1, -0.05) is 0 Å². The van der Waals surface area contributed by atoms with Gasteiger partial charge in [0.25, 0.3) is 0 Å². The van der Waals surface area contributed by atoms with Crippen LogP contribution >= 0.6 is 0 Å². The van der Waals surface area contributed by atoms with Crippen LogP contribution < -0.4 is 14.8 Å². The van der Waals surface area contributed by atoms with E-state index < -0.39 is 10.0 Å². The van der Waals surface area contributed by atoms with Crippen LogP contribution in [0.5, 0.6) is 5.75 Å². The lowest BCUT2D eigenvalue weighted by molar-refractivity contribution is -0.119. The van der Waals surface area contributed by atoms with Crippen LogP contribution in [0.25, 0.3) is 0 Å². The Bertz CT molecular complexity index is 613. The number of benzene rings is 1. The maximum atomic E-state index is 12.2. The highest BCUT2D eigenvalue weighted by atomic mass is 32.2. The van der Waals surface area contributed by atoms with Crippen LogP contribution in [0, 0.1) is 6.92 Å². The van der Waals surface area contributed by atoms with E-state index in [-0.39, 0.29) is 23.4 Å². The third-order valence-corrected chi connectivity index (χ3v) is 4.70. The predicted molar refractivity (Wildman–Crippen MR) is 74.1 cm³/mol. The van der Waals surface area contributed by atoms with Gasteiger partial charge in [-0.25, -0.2) is 13.1 Å². The minimum atomic E-state index is -3.57. The van der Waals surface area contributed by atoms with Gasteiger partial charge in [0.05, 0.1) is 12.0 Å². The summed E-state index contributed by atoms with van der Waals surface area (Å²) in [5.41, 5.74) is 0.754. The third-order valence-electron chi connectivity index (χ3n) is 3.28. The minimum Gasteiger partial charge on any atom is -0.496 e. The zero-order valence-electron chi connectivity index (χ0n) is 11.5. The van der Waals surface area contributed by atoms with Crippen molar-refractivity contribution in [3.63, 3.8) is 0 Å². The Hall–Kier alpha value is -1.60. The summed E-state index contributed by atoms with van der Waals surface area (Å²) >= 11 is 0. The van der Waals surface area contributed by atoms with E-state index in [2.05, 4.69) is 10.0 Å². The average molecular weight is 298 g/mol. The number of ether oxygens (including phenoxy) is 1. The molecular weight excluding hydrogens is 280 g/mol. The number of amides is 1. The molecular formula is C13H18N2O4S. The van der Waals surface area contributed by atoms with Crippen LogP contribution in [-0.2, 0) is 14.8 Å². The van der Waals surface area contributed by atoms with Gasteiger partial charge in [0, 0.05) is 19.0 Å². The average Bonchev–Trinajstić information content (AvgIpc) is 2.82. The van der Waals surface area contributed by atoms with Gasteiger partial charge in [-0.05, 0) is 37.1 Å². The number of methoxy groups -OCH3 is 1. The van der Waals surface area contributed by atoms with Crippen molar-refractivity contribution in [3.05, 3.63) is 23.8 Å². The van der Waals surface area contributed by atoms with E-state index in [9.17, 15) is 13.2 Å². The van der Waals surface area contributed by atoms with Gasteiger partial charge in [0.15, 0.2) is 0 Å². The molecule has 0 aliphatic carbocycles. The minimum absolute atomic E-state index is 0.0329. The summed E-state index contributed by atoms with van der Waals surface area (Å²) in [5, 5.41) is 2.72. The van der Waals surface area contributed by atoms with Gasteiger partial charge in [-0.2, -0.15) is 0 Å². The van der Waals surface area contributed by atoms with Gasteiger partial charge in [-0.15, -0.1) is 0 Å². The summed E-state index contributed by atoms with van der Waals surface area (Å²) in [5.74, 6) is 0.612. The second kappa shape index (κ2) is 5.80. The van der Waals surface area contributed by atoms with Crippen LogP contribution in [0.2, 0.25) is 0 Å². The fraction of sp³-hybridized carbons (Fsp3) is 0.462. The second-order valence-electron chi connectivity index (χ2n) is 4.79. The molecule has 1 aromatic carbocycles. The maximum absolute atomic E-state index is 12.2. The van der Waals surface area contributed by atoms with E-state index in [0.29, 0.717) is 18.6 Å². The van der Waals surface area contributed by atoms with Gasteiger partial charge < -0.3 is 10.1 Å². The van der Waals surface area contributed by atoms with Crippen LogP contribution in [0.3, 0.4) is 0 Å². The number of carbonyl (C=O) groups excluding carboxylic acids is 1. The number of aryl methyl sites for hydroxylation is 1. The molecule has 0 spiro atoms. The summed E-state index contributed by atoms with van der Waals surface area (Å²) in [4.78, 5) is 11.3. The van der Waals surface area contributed by atoms with Gasteiger partial charge in [-0.3, -0.25) is 4.79 Å². The molecule has 1 unspecified atom stereocenters. The highest BCUT2D eigenvalue weighted by Gasteiger charge is 2.23. The Labute approximate surface area is 118 Å². The summed E-state index contributed by atoms with van der Waals surface area (Å²) in [6.07, 6.45) is 1.11. The lowest BCUT2D eigenvalue weighted by Gasteiger charge is -2.13. The van der Waals surface area contributed by atoms with Crippen molar-refractivity contribution >= 4 is 15.9 Å². The molecule has 1 fully saturated rings. The molecule has 1 saturated heterocycles. The van der Waals surface area contributed by atoms with Crippen LogP contribution in [0.15, 0.2) is 23.1 Å². The van der Waals surface area contributed by atoms with E-state index in [1.54, 1.807) is 19.1 Å². The zero-order chi connectivity index (χ0) is 14.8. The molecule has 20 heavy (non-hydrogen) atoms. The Morgan fingerprint density at radius 2 is 2.20 bits per heavy atom. The number of nitrogens with one attached hydrogen (secondary N) is 2. The summed E-state index contributed by atoms with van der Waals surface area (Å²) < 4.78 is 31.9. The molecule has 1 heterocycles. The van der Waals surface area contributed by atoms with Crippen molar-refractivity contribution < 1.29 is 17.9 Å². The lowest BCUT2D eigenvalue weighted by Crippen LogP contribution is -2.38. The fourth-order valence-electron chi connectivity index (χ4n) is 2.14. The molecule has 1 atom stereocenters. The molecule has 0 bridgehead atoms. The van der Waals surface area contributed by atoms with E-state index in [1.807, 2.05) is 0 Å². The Kier molecular flexibility index (Phi) is 4.29. The molecule has 0 saturated carbocycles. The smallest absolute Gasteiger partial charge is 0.240 e. The van der Waals surface area contributed by atoms with Crippen LogP contribution in [0.4, 0.5) is 0 Å². The third kappa shape index (κ3) is 3.29. The largest absolute Gasteiger partial charge is 0.496 e. The molecule has 1 aromatic rings. The van der Waals surface area contributed by atoms with Crippen molar-refractivity contribution in [3.8, 4) is 5.75 Å².